The Labute approximate surface area is 248 Å². The zero-order valence-electron chi connectivity index (χ0n) is 23.5. The van der Waals surface area contributed by atoms with Gasteiger partial charge in [-0.25, -0.2) is 0 Å². The number of pyridine rings is 1. The van der Waals surface area contributed by atoms with Gasteiger partial charge in [-0.15, -0.1) is 0 Å². The van der Waals surface area contributed by atoms with Crippen molar-refractivity contribution in [3.63, 3.8) is 0 Å². The number of hydrogen-bond acceptors (Lipinski definition) is 4. The smallest absolute Gasteiger partial charge is 0.0998 e. The van der Waals surface area contributed by atoms with E-state index in [4.69, 9.17) is 16.7 Å². The van der Waals surface area contributed by atoms with Crippen LogP contribution in [0, 0.1) is 0 Å². The van der Waals surface area contributed by atoms with Crippen molar-refractivity contribution in [1.82, 2.24) is 19.7 Å². The minimum Gasteiger partial charge on any atom is -0.367 e. The van der Waals surface area contributed by atoms with Crippen molar-refractivity contribution in [2.24, 2.45) is 0 Å². The molecule has 5 aromatic rings. The van der Waals surface area contributed by atoms with Gasteiger partial charge in [0.25, 0.3) is 0 Å². The summed E-state index contributed by atoms with van der Waals surface area (Å²) < 4.78 is 2.07. The van der Waals surface area contributed by atoms with Crippen LogP contribution in [0.25, 0.3) is 0 Å². The lowest BCUT2D eigenvalue weighted by molar-refractivity contribution is 0.170. The summed E-state index contributed by atoms with van der Waals surface area (Å²) >= 11 is 6.13. The van der Waals surface area contributed by atoms with Crippen LogP contribution in [-0.2, 0) is 25.0 Å². The van der Waals surface area contributed by atoms with Gasteiger partial charge < -0.3 is 4.90 Å². The minimum atomic E-state index is 0.0356. The summed E-state index contributed by atoms with van der Waals surface area (Å²) in [6.45, 7) is 4.36. The second kappa shape index (κ2) is 12.3. The maximum atomic E-state index is 6.13. The lowest BCUT2D eigenvalue weighted by Gasteiger charge is -2.43. The van der Waals surface area contributed by atoms with Crippen molar-refractivity contribution in [3.8, 4) is 0 Å². The zero-order valence-corrected chi connectivity index (χ0v) is 24.3. The van der Waals surface area contributed by atoms with E-state index in [2.05, 4.69) is 118 Å². The number of nitrogens with zero attached hydrogens (tertiary/aromatic N) is 5. The second-order valence-electron chi connectivity index (χ2n) is 11.1. The highest BCUT2D eigenvalue weighted by atomic mass is 35.5. The molecule has 3 heterocycles. The first-order valence-electron chi connectivity index (χ1n) is 14.3. The molecular weight excluding hydrogens is 526 g/mol. The van der Waals surface area contributed by atoms with E-state index in [1.54, 1.807) is 0 Å². The molecule has 0 amide bonds. The van der Waals surface area contributed by atoms with Crippen LogP contribution in [0.1, 0.15) is 40.8 Å². The predicted molar refractivity (Wildman–Crippen MR) is 167 cm³/mol. The van der Waals surface area contributed by atoms with Gasteiger partial charge in [0, 0.05) is 49.2 Å². The normalized spacial score (nSPS) is 15.1. The molecule has 1 saturated heterocycles. The van der Waals surface area contributed by atoms with E-state index < -0.39 is 0 Å². The van der Waals surface area contributed by atoms with Crippen LogP contribution in [-0.4, -0.2) is 39.8 Å². The van der Waals surface area contributed by atoms with Gasteiger partial charge in [0.05, 0.1) is 17.9 Å². The lowest BCUT2D eigenvalue weighted by Crippen LogP contribution is -2.43. The lowest BCUT2D eigenvalue weighted by atomic mass is 9.68. The van der Waals surface area contributed by atoms with Crippen LogP contribution in [0.4, 0.5) is 5.69 Å². The van der Waals surface area contributed by atoms with Crippen LogP contribution in [0.5, 0.6) is 0 Å². The molecule has 0 radical (unpaired) electrons. The van der Waals surface area contributed by atoms with Crippen molar-refractivity contribution in [2.75, 3.05) is 25.0 Å². The molecule has 0 bridgehead atoms. The summed E-state index contributed by atoms with van der Waals surface area (Å²) in [6.07, 6.45) is 8.05. The molecule has 6 heteroatoms. The van der Waals surface area contributed by atoms with Crippen LogP contribution < -0.4 is 4.90 Å². The average molecular weight is 562 g/mol. The minimum absolute atomic E-state index is 0.0356. The van der Waals surface area contributed by atoms with E-state index >= 15 is 0 Å². The van der Waals surface area contributed by atoms with Crippen LogP contribution >= 0.6 is 11.6 Å². The van der Waals surface area contributed by atoms with Crippen LogP contribution in [0.2, 0.25) is 5.02 Å². The van der Waals surface area contributed by atoms with E-state index in [0.29, 0.717) is 6.54 Å². The topological polar surface area (TPSA) is 37.2 Å². The van der Waals surface area contributed by atoms with E-state index in [9.17, 15) is 0 Å². The quantitative estimate of drug-likeness (QED) is 0.191. The van der Waals surface area contributed by atoms with Gasteiger partial charge in [-0.1, -0.05) is 84.4 Å². The van der Waals surface area contributed by atoms with E-state index in [1.807, 2.05) is 24.5 Å². The molecule has 2 aromatic heterocycles. The summed E-state index contributed by atoms with van der Waals surface area (Å²) in [5, 5.41) is 5.88. The highest BCUT2D eigenvalue weighted by Gasteiger charge is 2.38. The number of hydrogen-bond donors (Lipinski definition) is 0. The summed E-state index contributed by atoms with van der Waals surface area (Å²) in [4.78, 5) is 9.06. The average Bonchev–Trinajstić information content (AvgIpc) is 3.42. The van der Waals surface area contributed by atoms with Gasteiger partial charge in [0.15, 0.2) is 0 Å². The van der Waals surface area contributed by atoms with E-state index in [1.165, 1.54) is 27.9 Å². The van der Waals surface area contributed by atoms with Crippen molar-refractivity contribution in [3.05, 3.63) is 149 Å². The van der Waals surface area contributed by atoms with Gasteiger partial charge in [0.2, 0.25) is 0 Å². The maximum Gasteiger partial charge on any atom is 0.0998 e. The van der Waals surface area contributed by atoms with Crippen LogP contribution in [0.3, 0.4) is 0 Å². The third-order valence-electron chi connectivity index (χ3n) is 8.39. The molecule has 1 aliphatic heterocycles. The number of rotatable bonds is 9. The third-order valence-corrected chi connectivity index (χ3v) is 8.64. The fourth-order valence-electron chi connectivity index (χ4n) is 6.15. The summed E-state index contributed by atoms with van der Waals surface area (Å²) in [7, 11) is 2.15. The molecule has 0 aliphatic carbocycles. The Morgan fingerprint density at radius 1 is 0.756 bits per heavy atom. The number of halogens is 1. The molecule has 0 saturated carbocycles. The number of anilines is 1. The van der Waals surface area contributed by atoms with Crippen molar-refractivity contribution >= 4 is 17.3 Å². The molecule has 1 fully saturated rings. The standard InChI is InChI=1S/C35H36ClN5/c1-39(24-29-16-20-37-21-17-29)34-27-41(25-28-12-14-32(36)15-13-28)38-33(34)26-40-22-18-35(19-23-40,30-8-4-2-5-9-30)31-10-6-3-7-11-31/h2-17,20-21,27H,18-19,22-26H2,1H3. The van der Waals surface area contributed by atoms with Crippen molar-refractivity contribution < 1.29 is 0 Å². The SMILES string of the molecule is CN(Cc1ccncc1)c1cn(Cc2ccc(Cl)cc2)nc1CN1CCC(c2ccccc2)(c2ccccc2)CC1. The largest absolute Gasteiger partial charge is 0.367 e. The highest BCUT2D eigenvalue weighted by molar-refractivity contribution is 6.30. The molecule has 41 heavy (non-hydrogen) atoms. The monoisotopic (exact) mass is 561 g/mol. The Bertz CT molecular complexity index is 1490. The molecule has 3 aromatic carbocycles. The number of likely N-dealkylation sites (tertiary alicyclic amines) is 1. The third kappa shape index (κ3) is 6.22. The molecule has 0 atom stereocenters. The molecule has 208 valence electrons. The molecular formula is C35H36ClN5. The van der Waals surface area contributed by atoms with Crippen molar-refractivity contribution in [2.45, 2.75) is 37.9 Å². The molecule has 0 N–H and O–H groups in total. The molecule has 5 nitrogen and oxygen atoms in total. The predicted octanol–water partition coefficient (Wildman–Crippen LogP) is 7.20. The van der Waals surface area contributed by atoms with Gasteiger partial charge in [-0.3, -0.25) is 14.6 Å². The fourth-order valence-corrected chi connectivity index (χ4v) is 6.28. The maximum absolute atomic E-state index is 6.13. The summed E-state index contributed by atoms with van der Waals surface area (Å²) in [5.41, 5.74) is 7.55. The molecule has 0 spiro atoms. The number of piperidine rings is 1. The Morgan fingerprint density at radius 3 is 1.98 bits per heavy atom. The fraction of sp³-hybridized carbons (Fsp3) is 0.257. The number of aromatic nitrogens is 3. The number of benzene rings is 3. The van der Waals surface area contributed by atoms with Gasteiger partial charge in [-0.05, 0) is 72.5 Å². The van der Waals surface area contributed by atoms with Crippen molar-refractivity contribution in [1.29, 1.82) is 0 Å². The van der Waals surface area contributed by atoms with E-state index in [-0.39, 0.29) is 5.41 Å². The summed E-state index contributed by atoms with van der Waals surface area (Å²) in [6, 6.07) is 34.3. The van der Waals surface area contributed by atoms with Gasteiger partial charge in [0.1, 0.15) is 0 Å². The first-order valence-corrected chi connectivity index (χ1v) is 14.7. The van der Waals surface area contributed by atoms with Gasteiger partial charge in [-0.2, -0.15) is 5.10 Å². The first kappa shape index (κ1) is 27.3. The Morgan fingerprint density at radius 2 is 1.37 bits per heavy atom. The van der Waals surface area contributed by atoms with Gasteiger partial charge >= 0.3 is 0 Å². The Balaban J connectivity index is 1.24. The van der Waals surface area contributed by atoms with Crippen LogP contribution in [0.15, 0.2) is 116 Å². The first-order chi connectivity index (χ1) is 20.1. The van der Waals surface area contributed by atoms with E-state index in [0.717, 1.165) is 49.7 Å². The highest BCUT2D eigenvalue weighted by Crippen LogP contribution is 2.42. The zero-order chi connectivity index (χ0) is 28.1. The molecule has 6 rings (SSSR count). The molecule has 1 aliphatic rings. The molecule has 0 unspecified atom stereocenters. The second-order valence-corrected chi connectivity index (χ2v) is 11.5. The Hall–Kier alpha value is -3.93. The summed E-state index contributed by atoms with van der Waals surface area (Å²) in [5.74, 6) is 0. The Kier molecular flexibility index (Phi) is 8.17.